The minimum absolute atomic E-state index is 0.259. The second-order valence-electron chi connectivity index (χ2n) is 5.61. The molecule has 1 N–H and O–H groups in total. The summed E-state index contributed by atoms with van der Waals surface area (Å²) in [5, 5.41) is 4.23. The first kappa shape index (κ1) is 17.2. The molecule has 0 fully saturated rings. The summed E-state index contributed by atoms with van der Waals surface area (Å²) in [5.41, 5.74) is 2.95. The van der Waals surface area contributed by atoms with Gasteiger partial charge in [0.15, 0.2) is 0 Å². The van der Waals surface area contributed by atoms with Crippen molar-refractivity contribution in [3.63, 3.8) is 0 Å². The third-order valence-electron chi connectivity index (χ3n) is 3.87. The fourth-order valence-electron chi connectivity index (χ4n) is 2.63. The summed E-state index contributed by atoms with van der Waals surface area (Å²) in [6.07, 6.45) is 0. The Balaban J connectivity index is 1.72. The third-order valence-corrected chi connectivity index (χ3v) is 5.77. The normalized spacial score (nSPS) is 10.8. The van der Waals surface area contributed by atoms with E-state index < -0.39 is 0 Å². The Kier molecular flexibility index (Phi) is 4.76. The van der Waals surface area contributed by atoms with E-state index in [-0.39, 0.29) is 5.91 Å². The van der Waals surface area contributed by atoms with Crippen LogP contribution in [0.5, 0.6) is 0 Å². The number of hydrogen-bond donors (Lipinski definition) is 1. The van der Waals surface area contributed by atoms with E-state index in [0.29, 0.717) is 16.3 Å². The lowest BCUT2D eigenvalue weighted by Gasteiger charge is -2.10. The molecule has 0 atom stereocenters. The number of carbonyl (C=O) groups is 1. The van der Waals surface area contributed by atoms with Gasteiger partial charge < -0.3 is 5.32 Å². The highest BCUT2D eigenvalue weighted by molar-refractivity contribution is 9.10. The molecule has 26 heavy (non-hydrogen) atoms. The number of fused-ring (bicyclic) bond motifs is 1. The summed E-state index contributed by atoms with van der Waals surface area (Å²) in [4.78, 5) is 17.4. The summed E-state index contributed by atoms with van der Waals surface area (Å²) < 4.78 is 1.91. The molecule has 0 radical (unpaired) electrons. The van der Waals surface area contributed by atoms with Gasteiger partial charge in [-0.3, -0.25) is 4.79 Å². The second-order valence-corrected chi connectivity index (χ2v) is 7.96. The topological polar surface area (TPSA) is 42.0 Å². The molecule has 128 valence electrons. The molecule has 6 heteroatoms. The van der Waals surface area contributed by atoms with Crippen molar-refractivity contribution in [3.8, 4) is 10.6 Å². The number of halogens is 2. The zero-order chi connectivity index (χ0) is 18.1. The van der Waals surface area contributed by atoms with Gasteiger partial charge in [-0.2, -0.15) is 0 Å². The fraction of sp³-hybridized carbons (Fsp3) is 0. The monoisotopic (exact) mass is 442 g/mol. The quantitative estimate of drug-likeness (QED) is 0.386. The summed E-state index contributed by atoms with van der Waals surface area (Å²) in [5.74, 6) is -0.259. The number of thiazole rings is 1. The lowest BCUT2D eigenvalue weighted by atomic mass is 10.1. The van der Waals surface area contributed by atoms with Crippen LogP contribution in [0.2, 0.25) is 5.02 Å². The predicted octanol–water partition coefficient (Wildman–Crippen LogP) is 6.63. The van der Waals surface area contributed by atoms with E-state index in [9.17, 15) is 4.79 Å². The number of nitrogens with zero attached hydrogens (tertiary/aromatic N) is 1. The van der Waals surface area contributed by atoms with E-state index in [2.05, 4.69) is 26.2 Å². The summed E-state index contributed by atoms with van der Waals surface area (Å²) in [6, 6.07) is 20.8. The molecule has 0 bridgehead atoms. The second kappa shape index (κ2) is 7.19. The van der Waals surface area contributed by atoms with Gasteiger partial charge in [-0.15, -0.1) is 11.3 Å². The Morgan fingerprint density at radius 2 is 1.81 bits per heavy atom. The zero-order valence-corrected chi connectivity index (χ0v) is 16.5. The highest BCUT2D eigenvalue weighted by atomic mass is 79.9. The maximum Gasteiger partial charge on any atom is 0.257 e. The van der Waals surface area contributed by atoms with E-state index in [1.54, 1.807) is 29.5 Å². The molecule has 0 aliphatic heterocycles. The van der Waals surface area contributed by atoms with Crippen molar-refractivity contribution in [3.05, 3.63) is 81.8 Å². The van der Waals surface area contributed by atoms with Crippen molar-refractivity contribution in [2.24, 2.45) is 0 Å². The molecular formula is C20H12BrClN2OS. The van der Waals surface area contributed by atoms with Gasteiger partial charge in [0.1, 0.15) is 5.01 Å². The molecule has 0 saturated carbocycles. The van der Waals surface area contributed by atoms with Crippen LogP contribution in [-0.4, -0.2) is 10.9 Å². The van der Waals surface area contributed by atoms with Crippen LogP contribution in [0.4, 0.5) is 5.69 Å². The van der Waals surface area contributed by atoms with Gasteiger partial charge in [0.2, 0.25) is 0 Å². The first-order chi connectivity index (χ1) is 12.6. The van der Waals surface area contributed by atoms with Crippen molar-refractivity contribution in [2.45, 2.75) is 0 Å². The lowest BCUT2D eigenvalue weighted by Crippen LogP contribution is -2.13. The van der Waals surface area contributed by atoms with Crippen molar-refractivity contribution in [2.75, 3.05) is 5.32 Å². The molecule has 0 aliphatic rings. The van der Waals surface area contributed by atoms with Crippen molar-refractivity contribution in [1.82, 2.24) is 4.98 Å². The minimum Gasteiger partial charge on any atom is -0.321 e. The average Bonchev–Trinajstić information content (AvgIpc) is 3.08. The van der Waals surface area contributed by atoms with Gasteiger partial charge in [-0.1, -0.05) is 51.8 Å². The van der Waals surface area contributed by atoms with E-state index in [0.717, 1.165) is 25.3 Å². The van der Waals surface area contributed by atoms with Crippen LogP contribution in [0.15, 0.2) is 71.2 Å². The number of hydrogen-bond acceptors (Lipinski definition) is 3. The van der Waals surface area contributed by atoms with Gasteiger partial charge in [-0.05, 0) is 42.5 Å². The van der Waals surface area contributed by atoms with E-state index in [1.165, 1.54) is 0 Å². The number of nitrogens with one attached hydrogen (secondary N) is 1. The Hall–Kier alpha value is -2.21. The molecule has 0 spiro atoms. The molecule has 1 amide bonds. The molecule has 3 aromatic carbocycles. The summed E-state index contributed by atoms with van der Waals surface area (Å²) >= 11 is 11.1. The van der Waals surface area contributed by atoms with Crippen LogP contribution in [-0.2, 0) is 0 Å². The van der Waals surface area contributed by atoms with Crippen LogP contribution in [0.1, 0.15) is 10.4 Å². The molecule has 0 saturated heterocycles. The summed E-state index contributed by atoms with van der Waals surface area (Å²) in [7, 11) is 0. The number of benzene rings is 3. The summed E-state index contributed by atoms with van der Waals surface area (Å²) in [6.45, 7) is 0. The highest BCUT2D eigenvalue weighted by Crippen LogP contribution is 2.34. The smallest absolute Gasteiger partial charge is 0.257 e. The van der Waals surface area contributed by atoms with Crippen molar-refractivity contribution < 1.29 is 4.79 Å². The fourth-order valence-corrected chi connectivity index (χ4v) is 4.20. The molecule has 0 unspecified atom stereocenters. The van der Waals surface area contributed by atoms with Gasteiger partial charge in [-0.25, -0.2) is 4.98 Å². The molecule has 4 rings (SSSR count). The Morgan fingerprint density at radius 1 is 1.04 bits per heavy atom. The van der Waals surface area contributed by atoms with E-state index >= 15 is 0 Å². The highest BCUT2D eigenvalue weighted by Gasteiger charge is 2.15. The molecule has 0 aliphatic carbocycles. The van der Waals surface area contributed by atoms with Crippen molar-refractivity contribution in [1.29, 1.82) is 0 Å². The molecule has 4 aromatic rings. The number of para-hydroxylation sites is 2. The minimum atomic E-state index is -0.259. The average molecular weight is 444 g/mol. The van der Waals surface area contributed by atoms with Crippen LogP contribution < -0.4 is 5.32 Å². The predicted molar refractivity (Wildman–Crippen MR) is 112 cm³/mol. The number of anilines is 1. The van der Waals surface area contributed by atoms with Crippen molar-refractivity contribution >= 4 is 60.7 Å². The maximum absolute atomic E-state index is 12.7. The largest absolute Gasteiger partial charge is 0.321 e. The number of aromatic nitrogens is 1. The van der Waals surface area contributed by atoms with Crippen LogP contribution in [0.25, 0.3) is 20.8 Å². The van der Waals surface area contributed by atoms with Crippen LogP contribution >= 0.6 is 38.9 Å². The Bertz CT molecular complexity index is 1090. The van der Waals surface area contributed by atoms with E-state index in [4.69, 9.17) is 11.6 Å². The van der Waals surface area contributed by atoms with E-state index in [1.807, 2.05) is 48.5 Å². The lowest BCUT2D eigenvalue weighted by molar-refractivity contribution is 0.102. The number of amides is 1. The van der Waals surface area contributed by atoms with Gasteiger partial charge in [0, 0.05) is 10.0 Å². The Morgan fingerprint density at radius 3 is 2.65 bits per heavy atom. The van der Waals surface area contributed by atoms with Crippen LogP contribution in [0, 0.1) is 0 Å². The number of carbonyl (C=O) groups excluding carboxylic acids is 1. The molecule has 1 aromatic heterocycles. The van der Waals surface area contributed by atoms with Gasteiger partial charge in [0.05, 0.1) is 26.5 Å². The maximum atomic E-state index is 12.7. The Labute approximate surface area is 167 Å². The molecule has 1 heterocycles. The number of rotatable bonds is 3. The first-order valence-corrected chi connectivity index (χ1v) is 9.82. The van der Waals surface area contributed by atoms with Crippen LogP contribution in [0.3, 0.4) is 0 Å². The third kappa shape index (κ3) is 3.38. The molecular weight excluding hydrogens is 432 g/mol. The molecule has 3 nitrogen and oxygen atoms in total. The standard InChI is InChI=1S/C20H12BrClN2OS/c21-12-9-10-15(22)14(11-12)19(25)23-16-6-2-1-5-13(16)20-24-17-7-3-4-8-18(17)26-20/h1-11H,(H,23,25). The zero-order valence-electron chi connectivity index (χ0n) is 13.4. The first-order valence-electron chi connectivity index (χ1n) is 7.83. The van der Waals surface area contributed by atoms with Gasteiger partial charge in [0.25, 0.3) is 5.91 Å². The SMILES string of the molecule is O=C(Nc1ccccc1-c1nc2ccccc2s1)c1cc(Br)ccc1Cl. The van der Waals surface area contributed by atoms with Gasteiger partial charge >= 0.3 is 0 Å².